The number of methoxy groups -OCH3 is 1. The molecule has 5 rings (SSSR count). The molecule has 142 valence electrons. The predicted molar refractivity (Wildman–Crippen MR) is 117 cm³/mol. The van der Waals surface area contributed by atoms with E-state index in [9.17, 15) is 10.1 Å². The van der Waals surface area contributed by atoms with Gasteiger partial charge in [-0.3, -0.25) is 10.1 Å². The molecule has 0 bridgehead atoms. The summed E-state index contributed by atoms with van der Waals surface area (Å²) in [5.74, 6) is 0.818. The van der Waals surface area contributed by atoms with Crippen molar-refractivity contribution in [3.05, 3.63) is 70.8 Å². The lowest BCUT2D eigenvalue weighted by atomic mass is 10.2. The summed E-state index contributed by atoms with van der Waals surface area (Å²) in [5, 5.41) is 12.6. The number of benzene rings is 3. The van der Waals surface area contributed by atoms with Gasteiger partial charge >= 0.3 is 0 Å². The molecular formula is C21H13N3O3S2. The standard InChI is InChI=1S/C21H13N3O3S2/c1-27-15-7-9-17-19(11-15)29-21(23-17)13-4-8-16-18(10-13)28-20(22-16)12-2-5-14(6-3-12)24(25)26/h2-11H,1H3. The van der Waals surface area contributed by atoms with Gasteiger partial charge in [0.2, 0.25) is 0 Å². The van der Waals surface area contributed by atoms with E-state index in [4.69, 9.17) is 9.72 Å². The van der Waals surface area contributed by atoms with Crippen LogP contribution in [-0.4, -0.2) is 22.0 Å². The zero-order valence-corrected chi connectivity index (χ0v) is 16.8. The van der Waals surface area contributed by atoms with Crippen LogP contribution < -0.4 is 4.74 Å². The van der Waals surface area contributed by atoms with Crippen LogP contribution in [0, 0.1) is 10.1 Å². The summed E-state index contributed by atoms with van der Waals surface area (Å²) in [5.41, 5.74) is 3.82. The summed E-state index contributed by atoms with van der Waals surface area (Å²) < 4.78 is 7.42. The van der Waals surface area contributed by atoms with Gasteiger partial charge in [-0.05, 0) is 48.5 Å². The number of aromatic nitrogens is 2. The Morgan fingerprint density at radius 1 is 0.828 bits per heavy atom. The molecule has 0 saturated heterocycles. The number of rotatable bonds is 4. The maximum absolute atomic E-state index is 10.8. The Hall–Kier alpha value is -3.36. The van der Waals surface area contributed by atoms with Crippen molar-refractivity contribution in [3.8, 4) is 26.9 Å². The second-order valence-electron chi connectivity index (χ2n) is 6.36. The third kappa shape index (κ3) is 3.22. The van der Waals surface area contributed by atoms with E-state index >= 15 is 0 Å². The van der Waals surface area contributed by atoms with Crippen molar-refractivity contribution >= 4 is 48.8 Å². The number of non-ortho nitro benzene ring substituents is 1. The van der Waals surface area contributed by atoms with Gasteiger partial charge in [0.05, 0.1) is 32.5 Å². The average Bonchev–Trinajstić information content (AvgIpc) is 3.36. The van der Waals surface area contributed by atoms with E-state index in [0.717, 1.165) is 47.3 Å². The lowest BCUT2D eigenvalue weighted by Gasteiger charge is -1.96. The summed E-state index contributed by atoms with van der Waals surface area (Å²) in [6.45, 7) is 0. The highest BCUT2D eigenvalue weighted by Gasteiger charge is 2.12. The molecule has 8 heteroatoms. The number of thiazole rings is 2. The fraction of sp³-hybridized carbons (Fsp3) is 0.0476. The van der Waals surface area contributed by atoms with Crippen molar-refractivity contribution in [2.75, 3.05) is 7.11 Å². The minimum absolute atomic E-state index is 0.0737. The maximum Gasteiger partial charge on any atom is 0.269 e. The molecule has 0 aliphatic heterocycles. The first kappa shape index (κ1) is 17.7. The van der Waals surface area contributed by atoms with Gasteiger partial charge in [-0.2, -0.15) is 0 Å². The number of nitrogens with zero attached hydrogens (tertiary/aromatic N) is 3. The first-order chi connectivity index (χ1) is 14.1. The van der Waals surface area contributed by atoms with Crippen LogP contribution in [0.15, 0.2) is 60.7 Å². The van der Waals surface area contributed by atoms with Crippen LogP contribution in [0.3, 0.4) is 0 Å². The number of ether oxygens (including phenoxy) is 1. The molecule has 0 fully saturated rings. The Labute approximate surface area is 173 Å². The Balaban J connectivity index is 1.53. The molecule has 0 aliphatic carbocycles. The lowest BCUT2D eigenvalue weighted by Crippen LogP contribution is -1.86. The summed E-state index contributed by atoms with van der Waals surface area (Å²) in [7, 11) is 1.66. The van der Waals surface area contributed by atoms with Crippen LogP contribution in [-0.2, 0) is 0 Å². The zero-order valence-electron chi connectivity index (χ0n) is 15.2. The molecule has 0 unspecified atom stereocenters. The van der Waals surface area contributed by atoms with Crippen LogP contribution in [0.4, 0.5) is 5.69 Å². The summed E-state index contributed by atoms with van der Waals surface area (Å²) in [4.78, 5) is 19.9. The topological polar surface area (TPSA) is 78.2 Å². The van der Waals surface area contributed by atoms with Gasteiger partial charge in [0.15, 0.2) is 0 Å². The molecule has 0 atom stereocenters. The van der Waals surface area contributed by atoms with Crippen LogP contribution in [0.25, 0.3) is 41.6 Å². The molecule has 0 radical (unpaired) electrons. The highest BCUT2D eigenvalue weighted by molar-refractivity contribution is 7.22. The number of nitro groups is 1. The van der Waals surface area contributed by atoms with Crippen molar-refractivity contribution in [2.24, 2.45) is 0 Å². The zero-order chi connectivity index (χ0) is 20.0. The summed E-state index contributed by atoms with van der Waals surface area (Å²) in [6, 6.07) is 18.4. The quantitative estimate of drug-likeness (QED) is 0.258. The van der Waals surface area contributed by atoms with Gasteiger partial charge in [-0.25, -0.2) is 9.97 Å². The molecule has 2 heterocycles. The monoisotopic (exact) mass is 419 g/mol. The van der Waals surface area contributed by atoms with Crippen molar-refractivity contribution in [3.63, 3.8) is 0 Å². The maximum atomic E-state index is 10.8. The summed E-state index contributed by atoms with van der Waals surface area (Å²) >= 11 is 3.19. The number of hydrogen-bond acceptors (Lipinski definition) is 7. The van der Waals surface area contributed by atoms with Crippen molar-refractivity contribution < 1.29 is 9.66 Å². The Kier molecular flexibility index (Phi) is 4.22. The SMILES string of the molecule is COc1ccc2nc(-c3ccc4nc(-c5ccc([N+](=O)[O-])cc5)sc4c3)sc2c1. The smallest absolute Gasteiger partial charge is 0.269 e. The average molecular weight is 419 g/mol. The highest BCUT2D eigenvalue weighted by atomic mass is 32.1. The molecule has 6 nitrogen and oxygen atoms in total. The minimum Gasteiger partial charge on any atom is -0.497 e. The molecule has 3 aromatic carbocycles. The highest BCUT2D eigenvalue weighted by Crippen LogP contribution is 2.36. The van der Waals surface area contributed by atoms with Crippen LogP contribution in [0.5, 0.6) is 5.75 Å². The van der Waals surface area contributed by atoms with Gasteiger partial charge in [-0.15, -0.1) is 22.7 Å². The Morgan fingerprint density at radius 3 is 2.07 bits per heavy atom. The Morgan fingerprint density at radius 2 is 1.41 bits per heavy atom. The van der Waals surface area contributed by atoms with Gasteiger partial charge in [0.25, 0.3) is 5.69 Å². The molecule has 0 amide bonds. The van der Waals surface area contributed by atoms with Crippen LogP contribution >= 0.6 is 22.7 Å². The van der Waals surface area contributed by atoms with Crippen LogP contribution in [0.2, 0.25) is 0 Å². The molecule has 29 heavy (non-hydrogen) atoms. The van der Waals surface area contributed by atoms with Crippen molar-refractivity contribution in [1.82, 2.24) is 9.97 Å². The molecule has 0 saturated carbocycles. The second kappa shape index (κ2) is 6.91. The fourth-order valence-electron chi connectivity index (χ4n) is 3.06. The van der Waals surface area contributed by atoms with E-state index in [1.54, 1.807) is 41.9 Å². The molecule has 2 aromatic heterocycles. The number of nitro benzene ring substituents is 1. The van der Waals surface area contributed by atoms with Crippen molar-refractivity contribution in [2.45, 2.75) is 0 Å². The van der Waals surface area contributed by atoms with Gasteiger partial charge < -0.3 is 4.74 Å². The Bertz CT molecular complexity index is 1370. The van der Waals surface area contributed by atoms with E-state index in [2.05, 4.69) is 11.1 Å². The fourth-order valence-corrected chi connectivity index (χ4v) is 5.06. The van der Waals surface area contributed by atoms with E-state index < -0.39 is 4.92 Å². The molecule has 0 spiro atoms. The van der Waals surface area contributed by atoms with E-state index in [1.165, 1.54) is 12.1 Å². The third-order valence-electron chi connectivity index (χ3n) is 4.56. The van der Waals surface area contributed by atoms with E-state index in [1.807, 2.05) is 30.3 Å². The van der Waals surface area contributed by atoms with Gasteiger partial charge in [0.1, 0.15) is 15.8 Å². The normalized spacial score (nSPS) is 11.2. The number of hydrogen-bond donors (Lipinski definition) is 0. The largest absolute Gasteiger partial charge is 0.497 e. The van der Waals surface area contributed by atoms with Gasteiger partial charge in [0, 0.05) is 23.3 Å². The second-order valence-corrected chi connectivity index (χ2v) is 8.42. The number of fused-ring (bicyclic) bond motifs is 2. The lowest BCUT2D eigenvalue weighted by molar-refractivity contribution is -0.384. The first-order valence-electron chi connectivity index (χ1n) is 8.71. The molecule has 0 N–H and O–H groups in total. The molecule has 5 aromatic rings. The first-order valence-corrected chi connectivity index (χ1v) is 10.3. The minimum atomic E-state index is -0.401. The van der Waals surface area contributed by atoms with E-state index in [-0.39, 0.29) is 5.69 Å². The predicted octanol–water partition coefficient (Wildman–Crippen LogP) is 6.16. The van der Waals surface area contributed by atoms with Crippen LogP contribution in [0.1, 0.15) is 0 Å². The summed E-state index contributed by atoms with van der Waals surface area (Å²) in [6.07, 6.45) is 0. The third-order valence-corrected chi connectivity index (χ3v) is 6.69. The molecular weight excluding hydrogens is 406 g/mol. The van der Waals surface area contributed by atoms with E-state index in [0.29, 0.717) is 0 Å². The molecule has 0 aliphatic rings. The van der Waals surface area contributed by atoms with Gasteiger partial charge in [-0.1, -0.05) is 0 Å². The van der Waals surface area contributed by atoms with Crippen molar-refractivity contribution in [1.29, 1.82) is 0 Å².